The lowest BCUT2D eigenvalue weighted by Crippen LogP contribution is -2.08. The van der Waals surface area contributed by atoms with E-state index in [2.05, 4.69) is 15.5 Å². The molecule has 1 N–H and O–H groups in total. The molecule has 0 fully saturated rings. The Morgan fingerprint density at radius 3 is 3.00 bits per heavy atom. The van der Waals surface area contributed by atoms with Gasteiger partial charge in [0.15, 0.2) is 5.89 Å². The molecular weight excluding hydrogens is 296 g/mol. The summed E-state index contributed by atoms with van der Waals surface area (Å²) >= 11 is 0. The molecule has 2 aromatic heterocycles. The highest BCUT2D eigenvalue weighted by Gasteiger charge is 2.09. The van der Waals surface area contributed by atoms with E-state index in [1.165, 1.54) is 12.5 Å². The van der Waals surface area contributed by atoms with Crippen LogP contribution in [-0.4, -0.2) is 11.2 Å². The molecule has 23 heavy (non-hydrogen) atoms. The Morgan fingerprint density at radius 1 is 1.39 bits per heavy atom. The molecule has 0 bridgehead atoms. The van der Waals surface area contributed by atoms with Gasteiger partial charge in [-0.2, -0.15) is 10.4 Å². The van der Waals surface area contributed by atoms with Gasteiger partial charge in [-0.05, 0) is 19.1 Å². The van der Waals surface area contributed by atoms with Crippen LogP contribution >= 0.6 is 0 Å². The predicted octanol–water partition coefficient (Wildman–Crippen LogP) is 2.72. The van der Waals surface area contributed by atoms with E-state index in [1.54, 1.807) is 19.1 Å². The van der Waals surface area contributed by atoms with Crippen LogP contribution in [0.3, 0.4) is 0 Å². The maximum atomic E-state index is 12.4. The van der Waals surface area contributed by atoms with E-state index in [0.29, 0.717) is 16.9 Å². The Kier molecular flexibility index (Phi) is 3.65. The summed E-state index contributed by atoms with van der Waals surface area (Å²) in [7, 11) is 0. The quantitative estimate of drug-likeness (QED) is 0.589. The first kappa shape index (κ1) is 14.5. The summed E-state index contributed by atoms with van der Waals surface area (Å²) in [4.78, 5) is 16.3. The summed E-state index contributed by atoms with van der Waals surface area (Å²) in [6, 6.07) is 7.27. The van der Waals surface area contributed by atoms with Crippen LogP contribution < -0.4 is 10.9 Å². The molecule has 0 saturated heterocycles. The number of nitriles is 1. The molecule has 2 heterocycles. The molecule has 0 aliphatic rings. The molecule has 0 atom stereocenters. The first-order valence-electron chi connectivity index (χ1n) is 6.77. The van der Waals surface area contributed by atoms with Gasteiger partial charge < -0.3 is 8.83 Å². The molecule has 0 saturated carbocycles. The maximum absolute atomic E-state index is 12.4. The number of nitrogens with one attached hydrogen (secondary N) is 1. The normalized spacial score (nSPS) is 11.0. The summed E-state index contributed by atoms with van der Waals surface area (Å²) in [5.41, 5.74) is 4.24. The minimum Gasteiger partial charge on any atom is -0.463 e. The van der Waals surface area contributed by atoms with Gasteiger partial charge in [0, 0.05) is 6.92 Å². The number of oxazole rings is 1. The van der Waals surface area contributed by atoms with Crippen molar-refractivity contribution in [3.8, 4) is 6.07 Å². The number of aromatic nitrogens is 1. The third-order valence-electron chi connectivity index (χ3n) is 3.16. The topological polar surface area (TPSA) is 104 Å². The van der Waals surface area contributed by atoms with Crippen LogP contribution in [0.2, 0.25) is 0 Å². The molecule has 7 heteroatoms. The Morgan fingerprint density at radius 2 is 2.22 bits per heavy atom. The SMILES string of the molecule is Cc1ccc2occ(/C=N/Nc3oc(C)nc3C#N)c(=O)c2c1. The summed E-state index contributed by atoms with van der Waals surface area (Å²) in [5, 5.41) is 13.3. The molecule has 0 aliphatic carbocycles. The van der Waals surface area contributed by atoms with Crippen molar-refractivity contribution in [3.63, 3.8) is 0 Å². The second-order valence-corrected chi connectivity index (χ2v) is 4.91. The molecule has 0 spiro atoms. The minimum absolute atomic E-state index is 0.0980. The maximum Gasteiger partial charge on any atom is 0.252 e. The zero-order chi connectivity index (χ0) is 16.4. The molecule has 1 aromatic carbocycles. The number of hydrazone groups is 1. The number of hydrogen-bond acceptors (Lipinski definition) is 7. The molecule has 3 rings (SSSR count). The molecule has 0 radical (unpaired) electrons. The Balaban J connectivity index is 1.91. The highest BCUT2D eigenvalue weighted by atomic mass is 16.4. The molecule has 0 aliphatic heterocycles. The van der Waals surface area contributed by atoms with Gasteiger partial charge in [0.25, 0.3) is 5.88 Å². The Bertz CT molecular complexity index is 1010. The number of aryl methyl sites for hydroxylation is 2. The van der Waals surface area contributed by atoms with Gasteiger partial charge in [0.2, 0.25) is 11.1 Å². The molecule has 0 amide bonds. The van der Waals surface area contributed by atoms with Crippen molar-refractivity contribution >= 4 is 23.1 Å². The lowest BCUT2D eigenvalue weighted by Gasteiger charge is -1.99. The second-order valence-electron chi connectivity index (χ2n) is 4.91. The second kappa shape index (κ2) is 5.77. The zero-order valence-electron chi connectivity index (χ0n) is 12.5. The van der Waals surface area contributed by atoms with Crippen LogP contribution in [0.5, 0.6) is 0 Å². The first-order chi connectivity index (χ1) is 11.1. The van der Waals surface area contributed by atoms with E-state index in [-0.39, 0.29) is 22.6 Å². The average molecular weight is 308 g/mol. The number of benzene rings is 1. The van der Waals surface area contributed by atoms with Gasteiger partial charge in [-0.25, -0.2) is 10.4 Å². The molecular formula is C16H12N4O3. The fraction of sp³-hybridized carbons (Fsp3) is 0.125. The molecule has 7 nitrogen and oxygen atoms in total. The van der Waals surface area contributed by atoms with Crippen molar-refractivity contribution in [1.29, 1.82) is 5.26 Å². The predicted molar refractivity (Wildman–Crippen MR) is 84.4 cm³/mol. The highest BCUT2D eigenvalue weighted by molar-refractivity contribution is 5.86. The standard InChI is InChI=1S/C16H12N4O3/c1-9-3-4-14-12(5-9)15(21)11(8-22-14)7-18-20-16-13(6-17)19-10(2)23-16/h3-5,7-8,20H,1-2H3/b18-7+. The van der Waals surface area contributed by atoms with Crippen molar-refractivity contribution in [1.82, 2.24) is 4.98 Å². The van der Waals surface area contributed by atoms with Crippen LogP contribution in [0.1, 0.15) is 22.7 Å². The fourth-order valence-electron chi connectivity index (χ4n) is 2.09. The first-order valence-corrected chi connectivity index (χ1v) is 6.77. The van der Waals surface area contributed by atoms with Crippen LogP contribution in [0.25, 0.3) is 11.0 Å². The number of fused-ring (bicyclic) bond motifs is 1. The van der Waals surface area contributed by atoms with Gasteiger partial charge in [-0.15, -0.1) is 0 Å². The zero-order valence-corrected chi connectivity index (χ0v) is 12.5. The third-order valence-corrected chi connectivity index (χ3v) is 3.16. The van der Waals surface area contributed by atoms with E-state index in [1.807, 2.05) is 19.1 Å². The molecule has 3 aromatic rings. The number of hydrogen-bond donors (Lipinski definition) is 1. The van der Waals surface area contributed by atoms with Gasteiger partial charge >= 0.3 is 0 Å². The van der Waals surface area contributed by atoms with Crippen LogP contribution in [-0.2, 0) is 0 Å². The van der Waals surface area contributed by atoms with Crippen LogP contribution in [0, 0.1) is 25.2 Å². The van der Waals surface area contributed by atoms with Crippen molar-refractivity contribution in [3.05, 3.63) is 57.4 Å². The van der Waals surface area contributed by atoms with E-state index in [0.717, 1.165) is 5.56 Å². The largest absolute Gasteiger partial charge is 0.463 e. The van der Waals surface area contributed by atoms with Crippen molar-refractivity contribution < 1.29 is 8.83 Å². The molecule has 0 unspecified atom stereocenters. The number of anilines is 1. The lowest BCUT2D eigenvalue weighted by molar-refractivity contribution is 0.533. The third kappa shape index (κ3) is 2.82. The number of nitrogens with zero attached hydrogens (tertiary/aromatic N) is 3. The van der Waals surface area contributed by atoms with Gasteiger partial charge in [0.1, 0.15) is 17.9 Å². The fourth-order valence-corrected chi connectivity index (χ4v) is 2.09. The van der Waals surface area contributed by atoms with Crippen LogP contribution in [0.4, 0.5) is 5.88 Å². The van der Waals surface area contributed by atoms with E-state index < -0.39 is 0 Å². The van der Waals surface area contributed by atoms with Crippen molar-refractivity contribution in [2.24, 2.45) is 5.10 Å². The minimum atomic E-state index is -0.185. The highest BCUT2D eigenvalue weighted by Crippen LogP contribution is 2.16. The smallest absolute Gasteiger partial charge is 0.252 e. The van der Waals surface area contributed by atoms with E-state index in [9.17, 15) is 4.79 Å². The summed E-state index contributed by atoms with van der Waals surface area (Å²) in [6.45, 7) is 3.52. The van der Waals surface area contributed by atoms with Gasteiger partial charge in [-0.1, -0.05) is 11.6 Å². The summed E-state index contributed by atoms with van der Waals surface area (Å²) in [6.07, 6.45) is 2.65. The Labute approximate surface area is 130 Å². The lowest BCUT2D eigenvalue weighted by atomic mass is 10.1. The van der Waals surface area contributed by atoms with Crippen molar-refractivity contribution in [2.45, 2.75) is 13.8 Å². The van der Waals surface area contributed by atoms with E-state index in [4.69, 9.17) is 14.1 Å². The number of rotatable bonds is 3. The summed E-state index contributed by atoms with van der Waals surface area (Å²) in [5.74, 6) is 0.474. The van der Waals surface area contributed by atoms with E-state index >= 15 is 0 Å². The Hall–Kier alpha value is -3.40. The van der Waals surface area contributed by atoms with Crippen LogP contribution in [0.15, 0.2) is 43.2 Å². The van der Waals surface area contributed by atoms with Crippen molar-refractivity contribution in [2.75, 3.05) is 5.43 Å². The molecule has 114 valence electrons. The van der Waals surface area contributed by atoms with Gasteiger partial charge in [-0.3, -0.25) is 4.79 Å². The van der Waals surface area contributed by atoms with Gasteiger partial charge in [0.05, 0.1) is 17.2 Å². The monoisotopic (exact) mass is 308 g/mol. The average Bonchev–Trinajstić information content (AvgIpc) is 2.90. The summed E-state index contributed by atoms with van der Waals surface area (Å²) < 4.78 is 10.6.